The van der Waals surface area contributed by atoms with Crippen molar-refractivity contribution in [3.05, 3.63) is 28.2 Å². The van der Waals surface area contributed by atoms with E-state index in [2.05, 4.69) is 0 Å². The molecule has 0 heterocycles. The molecule has 1 N–H and O–H groups in total. The van der Waals surface area contributed by atoms with Gasteiger partial charge in [-0.15, -0.1) is 0 Å². The van der Waals surface area contributed by atoms with Gasteiger partial charge in [-0.3, -0.25) is 0 Å². The summed E-state index contributed by atoms with van der Waals surface area (Å²) < 4.78 is 5.55. The summed E-state index contributed by atoms with van der Waals surface area (Å²) in [6.45, 7) is 0.850. The fourth-order valence-electron chi connectivity index (χ4n) is 1.52. The molecule has 1 fully saturated rings. The van der Waals surface area contributed by atoms with Crippen LogP contribution in [-0.2, 0) is 0 Å². The molecule has 1 aliphatic carbocycles. The zero-order valence-electron chi connectivity index (χ0n) is 8.12. The highest BCUT2D eigenvalue weighted by molar-refractivity contribution is 6.34. The third-order valence-electron chi connectivity index (χ3n) is 2.65. The number of ether oxygens (including phenoxy) is 1. The largest absolute Gasteiger partial charge is 0.492 e. The van der Waals surface area contributed by atoms with Crippen molar-refractivity contribution in [2.45, 2.75) is 6.42 Å². The zero-order chi connectivity index (χ0) is 10.8. The van der Waals surface area contributed by atoms with Crippen LogP contribution in [0.25, 0.3) is 0 Å². The molecule has 0 aromatic heterocycles. The van der Waals surface area contributed by atoms with E-state index >= 15 is 0 Å². The zero-order valence-corrected chi connectivity index (χ0v) is 9.63. The molecule has 0 radical (unpaired) electrons. The normalized spacial score (nSPS) is 23.9. The maximum absolute atomic E-state index is 8.87. The fourth-order valence-corrected chi connectivity index (χ4v) is 1.86. The summed E-state index contributed by atoms with van der Waals surface area (Å²) in [6.07, 6.45) is 1.04. The Morgan fingerprint density at radius 1 is 1.33 bits per heavy atom. The van der Waals surface area contributed by atoms with Crippen LogP contribution in [0.1, 0.15) is 6.42 Å². The first-order valence-corrected chi connectivity index (χ1v) is 5.65. The predicted octanol–water partition coefficient (Wildman–Crippen LogP) is 3.00. The molecule has 0 spiro atoms. The van der Waals surface area contributed by atoms with Crippen LogP contribution in [0, 0.1) is 11.8 Å². The van der Waals surface area contributed by atoms with Gasteiger partial charge in [-0.25, -0.2) is 0 Å². The Morgan fingerprint density at radius 3 is 2.80 bits per heavy atom. The molecule has 1 saturated carbocycles. The lowest BCUT2D eigenvalue weighted by molar-refractivity contribution is 0.243. The first kappa shape index (κ1) is 11.1. The van der Waals surface area contributed by atoms with Gasteiger partial charge in [0, 0.05) is 17.7 Å². The first-order valence-electron chi connectivity index (χ1n) is 4.89. The Labute approximate surface area is 98.8 Å². The van der Waals surface area contributed by atoms with Gasteiger partial charge in [0.05, 0.1) is 11.6 Å². The second kappa shape index (κ2) is 4.60. The van der Waals surface area contributed by atoms with E-state index in [4.69, 9.17) is 33.0 Å². The summed E-state index contributed by atoms with van der Waals surface area (Å²) in [5.74, 6) is 1.49. The summed E-state index contributed by atoms with van der Waals surface area (Å²) >= 11 is 11.8. The van der Waals surface area contributed by atoms with E-state index in [0.29, 0.717) is 34.2 Å². The minimum Gasteiger partial charge on any atom is -0.492 e. The maximum Gasteiger partial charge on any atom is 0.139 e. The minimum atomic E-state index is 0.247. The highest BCUT2D eigenvalue weighted by Crippen LogP contribution is 2.39. The maximum atomic E-state index is 8.87. The second-order valence-corrected chi connectivity index (χ2v) is 4.67. The van der Waals surface area contributed by atoms with Gasteiger partial charge in [0.15, 0.2) is 0 Å². The van der Waals surface area contributed by atoms with Crippen LogP contribution in [0.4, 0.5) is 0 Å². The lowest BCUT2D eigenvalue weighted by Gasteiger charge is -2.07. The molecule has 0 aliphatic heterocycles. The van der Waals surface area contributed by atoms with Crippen molar-refractivity contribution in [1.29, 1.82) is 0 Å². The third kappa shape index (κ3) is 2.77. The molecule has 82 valence electrons. The lowest BCUT2D eigenvalue weighted by atomic mass is 10.3. The van der Waals surface area contributed by atoms with Gasteiger partial charge < -0.3 is 9.84 Å². The summed E-state index contributed by atoms with van der Waals surface area (Å²) in [5.41, 5.74) is 0. The molecular weight excluding hydrogens is 235 g/mol. The summed E-state index contributed by atoms with van der Waals surface area (Å²) in [6, 6.07) is 5.15. The molecule has 2 unspecified atom stereocenters. The van der Waals surface area contributed by atoms with Crippen LogP contribution in [0.5, 0.6) is 5.75 Å². The highest BCUT2D eigenvalue weighted by atomic mass is 35.5. The Morgan fingerprint density at radius 2 is 2.13 bits per heavy atom. The van der Waals surface area contributed by atoms with Gasteiger partial charge in [-0.2, -0.15) is 0 Å². The molecule has 1 aliphatic rings. The van der Waals surface area contributed by atoms with Crippen molar-refractivity contribution in [1.82, 2.24) is 0 Å². The van der Waals surface area contributed by atoms with Crippen LogP contribution in [0.3, 0.4) is 0 Å². The summed E-state index contributed by atoms with van der Waals surface area (Å²) in [4.78, 5) is 0. The Bertz CT molecular complexity index is 354. The monoisotopic (exact) mass is 246 g/mol. The summed E-state index contributed by atoms with van der Waals surface area (Å²) in [7, 11) is 0. The van der Waals surface area contributed by atoms with Crippen molar-refractivity contribution in [3.63, 3.8) is 0 Å². The molecule has 2 nitrogen and oxygen atoms in total. The second-order valence-electron chi connectivity index (χ2n) is 3.82. The van der Waals surface area contributed by atoms with Crippen molar-refractivity contribution in [3.8, 4) is 5.75 Å². The first-order chi connectivity index (χ1) is 7.20. The lowest BCUT2D eigenvalue weighted by Crippen LogP contribution is -2.02. The average molecular weight is 247 g/mol. The number of aliphatic hydroxyl groups excluding tert-OH is 1. The number of hydrogen-bond acceptors (Lipinski definition) is 2. The van der Waals surface area contributed by atoms with Gasteiger partial charge in [0.1, 0.15) is 5.75 Å². The van der Waals surface area contributed by atoms with Gasteiger partial charge in [0.25, 0.3) is 0 Å². The quantitative estimate of drug-likeness (QED) is 0.886. The third-order valence-corrected chi connectivity index (χ3v) is 3.20. The van der Waals surface area contributed by atoms with E-state index in [9.17, 15) is 0 Å². The number of benzene rings is 1. The molecule has 2 atom stereocenters. The SMILES string of the molecule is OCC1CC1COc1cc(Cl)ccc1Cl. The smallest absolute Gasteiger partial charge is 0.139 e. The fraction of sp³-hybridized carbons (Fsp3) is 0.455. The van der Waals surface area contributed by atoms with Gasteiger partial charge >= 0.3 is 0 Å². The van der Waals surface area contributed by atoms with E-state index in [1.54, 1.807) is 18.2 Å². The van der Waals surface area contributed by atoms with Crippen molar-refractivity contribution >= 4 is 23.2 Å². The van der Waals surface area contributed by atoms with E-state index in [0.717, 1.165) is 6.42 Å². The highest BCUT2D eigenvalue weighted by Gasteiger charge is 2.36. The number of hydrogen-bond donors (Lipinski definition) is 1. The number of halogens is 2. The van der Waals surface area contributed by atoms with Crippen LogP contribution in [-0.4, -0.2) is 18.3 Å². The number of rotatable bonds is 4. The molecule has 0 amide bonds. The van der Waals surface area contributed by atoms with E-state index < -0.39 is 0 Å². The van der Waals surface area contributed by atoms with Crippen LogP contribution < -0.4 is 4.74 Å². The molecule has 4 heteroatoms. The van der Waals surface area contributed by atoms with Gasteiger partial charge in [-0.05, 0) is 30.4 Å². The number of aliphatic hydroxyl groups is 1. The van der Waals surface area contributed by atoms with E-state index in [1.165, 1.54) is 0 Å². The summed E-state index contributed by atoms with van der Waals surface area (Å²) in [5, 5.41) is 10.1. The molecule has 0 bridgehead atoms. The minimum absolute atomic E-state index is 0.247. The van der Waals surface area contributed by atoms with Crippen molar-refractivity contribution in [2.75, 3.05) is 13.2 Å². The van der Waals surface area contributed by atoms with Crippen LogP contribution >= 0.6 is 23.2 Å². The molecule has 2 rings (SSSR count). The standard InChI is InChI=1S/C11H12Cl2O2/c12-9-1-2-10(13)11(4-9)15-6-8-3-7(8)5-14/h1-2,4,7-8,14H,3,5-6H2. The molecule has 15 heavy (non-hydrogen) atoms. The van der Waals surface area contributed by atoms with E-state index in [-0.39, 0.29) is 6.61 Å². The van der Waals surface area contributed by atoms with Crippen LogP contribution in [0.15, 0.2) is 18.2 Å². The van der Waals surface area contributed by atoms with E-state index in [1.807, 2.05) is 0 Å². The van der Waals surface area contributed by atoms with Gasteiger partial charge in [0.2, 0.25) is 0 Å². The topological polar surface area (TPSA) is 29.5 Å². The molecular formula is C11H12Cl2O2. The van der Waals surface area contributed by atoms with Gasteiger partial charge in [-0.1, -0.05) is 23.2 Å². The predicted molar refractivity (Wildman–Crippen MR) is 60.6 cm³/mol. The van der Waals surface area contributed by atoms with Crippen LogP contribution in [0.2, 0.25) is 10.0 Å². The van der Waals surface area contributed by atoms with Crippen molar-refractivity contribution < 1.29 is 9.84 Å². The molecule has 0 saturated heterocycles. The Hall–Kier alpha value is -0.440. The molecule has 1 aromatic rings. The van der Waals surface area contributed by atoms with Crippen molar-refractivity contribution in [2.24, 2.45) is 11.8 Å². The Kier molecular flexibility index (Phi) is 3.39. The average Bonchev–Trinajstić information content (AvgIpc) is 2.98. The Balaban J connectivity index is 1.91. The molecule has 1 aromatic carbocycles.